The molecule has 3 aromatic rings. The third-order valence-corrected chi connectivity index (χ3v) is 7.67. The van der Waals surface area contributed by atoms with Crippen LogP contribution in [0, 0.1) is 0 Å². The van der Waals surface area contributed by atoms with Crippen molar-refractivity contribution in [3.05, 3.63) is 89.5 Å². The van der Waals surface area contributed by atoms with Crippen molar-refractivity contribution in [2.45, 2.75) is 51.2 Å². The fourth-order valence-electron chi connectivity index (χ4n) is 5.32. The van der Waals surface area contributed by atoms with Crippen LogP contribution in [-0.4, -0.2) is 65.2 Å². The maximum atomic E-state index is 12.7. The molecule has 42 heavy (non-hydrogen) atoms. The van der Waals surface area contributed by atoms with Crippen molar-refractivity contribution in [1.82, 2.24) is 9.80 Å². The Morgan fingerprint density at radius 1 is 0.762 bits per heavy atom. The van der Waals surface area contributed by atoms with Crippen LogP contribution >= 0.6 is 0 Å². The van der Waals surface area contributed by atoms with Crippen LogP contribution in [0.1, 0.15) is 53.6 Å². The zero-order chi connectivity index (χ0) is 29.3. The topological polar surface area (TPSA) is 108 Å². The van der Waals surface area contributed by atoms with Gasteiger partial charge in [-0.1, -0.05) is 30.7 Å². The van der Waals surface area contributed by atoms with Crippen molar-refractivity contribution < 1.29 is 29.0 Å². The van der Waals surface area contributed by atoms with Gasteiger partial charge in [0.1, 0.15) is 17.6 Å². The Labute approximate surface area is 246 Å². The molecule has 0 atom stereocenters. The first-order valence-electron chi connectivity index (χ1n) is 14.6. The average Bonchev–Trinajstić information content (AvgIpc) is 3.00. The molecule has 2 aliphatic heterocycles. The minimum atomic E-state index is -0.870. The maximum absolute atomic E-state index is 12.7. The SMILES string of the molecule is O=C(O)Cc1ccc(OC2CCN(C(=O)Oc3ccc(NC(=O)c4ccc(CN5CCCCC5)cc4)cc3)CC2)cc1. The highest BCUT2D eigenvalue weighted by molar-refractivity contribution is 6.04. The number of amides is 2. The second kappa shape index (κ2) is 14.0. The van der Waals surface area contributed by atoms with Gasteiger partial charge in [0.05, 0.1) is 6.42 Å². The lowest BCUT2D eigenvalue weighted by Gasteiger charge is -2.31. The third kappa shape index (κ3) is 8.33. The van der Waals surface area contributed by atoms with E-state index >= 15 is 0 Å². The fraction of sp³-hybridized carbons (Fsp3) is 0.364. The monoisotopic (exact) mass is 571 g/mol. The Bertz CT molecular complexity index is 1340. The highest BCUT2D eigenvalue weighted by atomic mass is 16.6. The standard InChI is InChI=1S/C33H37N3O6/c37-31(38)22-24-6-12-28(13-7-24)41-30-16-20-36(21-17-30)33(40)42-29-14-10-27(11-15-29)34-32(39)26-8-4-25(5-9-26)23-35-18-2-1-3-19-35/h4-15,30H,1-3,16-23H2,(H,34,39)(H,37,38). The van der Waals surface area contributed by atoms with E-state index in [1.54, 1.807) is 53.4 Å². The molecule has 220 valence electrons. The van der Waals surface area contributed by atoms with Gasteiger partial charge in [0, 0.05) is 43.7 Å². The molecule has 0 radical (unpaired) electrons. The van der Waals surface area contributed by atoms with Gasteiger partial charge in [-0.25, -0.2) is 4.79 Å². The lowest BCUT2D eigenvalue weighted by molar-refractivity contribution is -0.136. The summed E-state index contributed by atoms with van der Waals surface area (Å²) < 4.78 is 11.6. The minimum Gasteiger partial charge on any atom is -0.490 e. The van der Waals surface area contributed by atoms with Gasteiger partial charge in [0.15, 0.2) is 0 Å². The number of hydrogen-bond donors (Lipinski definition) is 2. The van der Waals surface area contributed by atoms with E-state index < -0.39 is 12.1 Å². The van der Waals surface area contributed by atoms with Gasteiger partial charge in [-0.2, -0.15) is 0 Å². The van der Waals surface area contributed by atoms with Gasteiger partial charge in [-0.05, 0) is 85.6 Å². The number of nitrogens with one attached hydrogen (secondary N) is 1. The molecular formula is C33H37N3O6. The first-order chi connectivity index (χ1) is 20.4. The summed E-state index contributed by atoms with van der Waals surface area (Å²) in [5, 5.41) is 11.8. The Morgan fingerprint density at radius 3 is 2.02 bits per heavy atom. The summed E-state index contributed by atoms with van der Waals surface area (Å²) in [4.78, 5) is 40.4. The first kappa shape index (κ1) is 29.1. The van der Waals surface area contributed by atoms with Crippen molar-refractivity contribution in [3.8, 4) is 11.5 Å². The summed E-state index contributed by atoms with van der Waals surface area (Å²) in [6.45, 7) is 4.20. The number of hydrogen-bond acceptors (Lipinski definition) is 6. The molecule has 0 bridgehead atoms. The van der Waals surface area contributed by atoms with E-state index in [9.17, 15) is 14.4 Å². The molecule has 2 amide bonds. The predicted molar refractivity (Wildman–Crippen MR) is 159 cm³/mol. The van der Waals surface area contributed by atoms with Gasteiger partial charge in [-0.15, -0.1) is 0 Å². The number of likely N-dealkylation sites (tertiary alicyclic amines) is 2. The smallest absolute Gasteiger partial charge is 0.415 e. The molecule has 2 N–H and O–H groups in total. The molecule has 2 heterocycles. The molecule has 9 nitrogen and oxygen atoms in total. The van der Waals surface area contributed by atoms with E-state index in [0.717, 1.165) is 25.2 Å². The minimum absolute atomic E-state index is 0.0222. The lowest BCUT2D eigenvalue weighted by Crippen LogP contribution is -2.43. The molecular weight excluding hydrogens is 534 g/mol. The largest absolute Gasteiger partial charge is 0.490 e. The van der Waals surface area contributed by atoms with Crippen LogP contribution in [0.25, 0.3) is 0 Å². The number of carbonyl (C=O) groups excluding carboxylic acids is 2. The number of rotatable bonds is 9. The van der Waals surface area contributed by atoms with Crippen LogP contribution in [0.15, 0.2) is 72.8 Å². The molecule has 0 unspecified atom stereocenters. The van der Waals surface area contributed by atoms with Crippen molar-refractivity contribution in [3.63, 3.8) is 0 Å². The number of carboxylic acids is 1. The van der Waals surface area contributed by atoms with E-state index in [0.29, 0.717) is 48.7 Å². The molecule has 0 aliphatic carbocycles. The molecule has 3 aromatic carbocycles. The zero-order valence-corrected chi connectivity index (χ0v) is 23.7. The normalized spacial score (nSPS) is 16.0. The number of anilines is 1. The van der Waals surface area contributed by atoms with Gasteiger partial charge >= 0.3 is 12.1 Å². The summed E-state index contributed by atoms with van der Waals surface area (Å²) in [7, 11) is 0. The van der Waals surface area contributed by atoms with Gasteiger partial charge in [0.2, 0.25) is 0 Å². The van der Waals surface area contributed by atoms with Crippen molar-refractivity contribution in [1.29, 1.82) is 0 Å². The highest BCUT2D eigenvalue weighted by Crippen LogP contribution is 2.22. The summed E-state index contributed by atoms with van der Waals surface area (Å²) in [6, 6.07) is 21.6. The van der Waals surface area contributed by atoms with E-state index in [1.165, 1.54) is 24.8 Å². The Morgan fingerprint density at radius 2 is 1.38 bits per heavy atom. The number of ether oxygens (including phenoxy) is 2. The third-order valence-electron chi connectivity index (χ3n) is 7.67. The second-order valence-corrected chi connectivity index (χ2v) is 10.9. The van der Waals surface area contributed by atoms with Crippen molar-refractivity contribution in [2.24, 2.45) is 0 Å². The maximum Gasteiger partial charge on any atom is 0.415 e. The van der Waals surface area contributed by atoms with Crippen LogP contribution in [0.5, 0.6) is 11.5 Å². The second-order valence-electron chi connectivity index (χ2n) is 10.9. The number of piperidine rings is 2. The first-order valence-corrected chi connectivity index (χ1v) is 14.6. The van der Waals surface area contributed by atoms with Crippen molar-refractivity contribution >= 4 is 23.7 Å². The van der Waals surface area contributed by atoms with E-state index in [2.05, 4.69) is 10.2 Å². The molecule has 0 aromatic heterocycles. The molecule has 0 spiro atoms. The number of carboxylic acid groups (broad SMARTS) is 1. The van der Waals surface area contributed by atoms with Crippen LogP contribution in [0.3, 0.4) is 0 Å². The van der Waals surface area contributed by atoms with Gasteiger partial charge < -0.3 is 24.8 Å². The van der Waals surface area contributed by atoms with Crippen LogP contribution in [-0.2, 0) is 17.8 Å². The molecule has 0 saturated carbocycles. The summed E-state index contributed by atoms with van der Waals surface area (Å²) in [5.74, 6) is 0.0260. The molecule has 2 fully saturated rings. The lowest BCUT2D eigenvalue weighted by atomic mass is 10.1. The van der Waals surface area contributed by atoms with E-state index in [4.69, 9.17) is 14.6 Å². The molecule has 9 heteroatoms. The summed E-state index contributed by atoms with van der Waals surface area (Å²) >= 11 is 0. The van der Waals surface area contributed by atoms with Gasteiger partial charge in [0.25, 0.3) is 5.91 Å². The average molecular weight is 572 g/mol. The Kier molecular flexibility index (Phi) is 9.71. The number of aliphatic carboxylic acids is 1. The molecule has 5 rings (SSSR count). The predicted octanol–water partition coefficient (Wildman–Crippen LogP) is 5.59. The molecule has 2 saturated heterocycles. The zero-order valence-electron chi connectivity index (χ0n) is 23.7. The highest BCUT2D eigenvalue weighted by Gasteiger charge is 2.25. The van der Waals surface area contributed by atoms with E-state index in [-0.39, 0.29) is 18.4 Å². The Balaban J connectivity index is 1.04. The van der Waals surface area contributed by atoms with Crippen LogP contribution in [0.4, 0.5) is 10.5 Å². The molecule has 2 aliphatic rings. The summed E-state index contributed by atoms with van der Waals surface area (Å²) in [6.07, 6.45) is 4.66. The fourth-order valence-corrected chi connectivity index (χ4v) is 5.32. The Hall–Kier alpha value is -4.37. The van der Waals surface area contributed by atoms with Crippen LogP contribution in [0.2, 0.25) is 0 Å². The number of carbonyl (C=O) groups is 3. The van der Waals surface area contributed by atoms with Crippen LogP contribution < -0.4 is 14.8 Å². The van der Waals surface area contributed by atoms with Gasteiger partial charge in [-0.3, -0.25) is 14.5 Å². The number of nitrogens with zero attached hydrogens (tertiary/aromatic N) is 2. The number of benzene rings is 3. The van der Waals surface area contributed by atoms with E-state index in [1.807, 2.05) is 24.3 Å². The van der Waals surface area contributed by atoms with Crippen molar-refractivity contribution in [2.75, 3.05) is 31.5 Å². The quantitative estimate of drug-likeness (QED) is 0.345. The summed E-state index contributed by atoms with van der Waals surface area (Å²) in [5.41, 5.74) is 3.14.